The van der Waals surface area contributed by atoms with E-state index in [1.807, 2.05) is 0 Å². The van der Waals surface area contributed by atoms with Crippen LogP contribution < -0.4 is 0 Å². The first-order chi connectivity index (χ1) is 12.3. The van der Waals surface area contributed by atoms with Crippen molar-refractivity contribution in [3.63, 3.8) is 0 Å². The van der Waals surface area contributed by atoms with Crippen LogP contribution in [-0.2, 0) is 9.47 Å². The van der Waals surface area contributed by atoms with Gasteiger partial charge in [0.2, 0.25) is 0 Å². The van der Waals surface area contributed by atoms with Crippen LogP contribution in [0.5, 0.6) is 0 Å². The zero-order valence-electron chi connectivity index (χ0n) is 16.4. The summed E-state index contributed by atoms with van der Waals surface area (Å²) >= 11 is 0. The Morgan fingerprint density at radius 3 is 1.92 bits per heavy atom. The van der Waals surface area contributed by atoms with Gasteiger partial charge in [0.1, 0.15) is 0 Å². The molecule has 144 valence electrons. The highest BCUT2D eigenvalue weighted by atomic mass is 16.7. The van der Waals surface area contributed by atoms with E-state index >= 15 is 0 Å². The molecule has 0 aromatic carbocycles. The third kappa shape index (κ3) is 8.09. The Balaban J connectivity index is 1.44. The van der Waals surface area contributed by atoms with E-state index in [0.29, 0.717) is 11.8 Å². The van der Waals surface area contributed by atoms with Gasteiger partial charge in [-0.15, -0.1) is 0 Å². The van der Waals surface area contributed by atoms with Gasteiger partial charge in [-0.1, -0.05) is 64.7 Å². The van der Waals surface area contributed by atoms with Crippen molar-refractivity contribution in [3.05, 3.63) is 0 Å². The Bertz CT molecular complexity index is 363. The highest BCUT2D eigenvalue weighted by molar-refractivity contribution is 4.88. The number of ether oxygens (including phenoxy) is 2. The van der Waals surface area contributed by atoms with Gasteiger partial charge in [0.25, 0.3) is 0 Å². The fraction of sp³-hybridized carbons (Fsp3) is 0.955. The van der Waals surface area contributed by atoms with Gasteiger partial charge in [-0.05, 0) is 32.1 Å². The molecule has 0 aromatic rings. The van der Waals surface area contributed by atoms with Gasteiger partial charge in [-0.25, -0.2) is 0 Å². The predicted octanol–water partition coefficient (Wildman–Crippen LogP) is 6.23. The molecule has 3 nitrogen and oxygen atoms in total. The topological polar surface area (TPSA) is 42.2 Å². The van der Waals surface area contributed by atoms with E-state index in [9.17, 15) is 0 Å². The van der Waals surface area contributed by atoms with Crippen LogP contribution in [0.3, 0.4) is 0 Å². The number of unbranched alkanes of at least 4 members (excludes halogenated alkanes) is 8. The molecule has 0 bridgehead atoms. The second kappa shape index (κ2) is 12.7. The molecule has 25 heavy (non-hydrogen) atoms. The average molecular weight is 350 g/mol. The normalized spacial score (nSPS) is 30.1. The molecule has 2 fully saturated rings. The van der Waals surface area contributed by atoms with Crippen LogP contribution in [0.2, 0.25) is 0 Å². The van der Waals surface area contributed by atoms with Crippen molar-refractivity contribution in [3.8, 4) is 6.07 Å². The van der Waals surface area contributed by atoms with Crippen LogP contribution in [0.25, 0.3) is 0 Å². The first-order valence-corrected chi connectivity index (χ1v) is 11.0. The monoisotopic (exact) mass is 349 g/mol. The fourth-order valence-corrected chi connectivity index (χ4v) is 4.26. The minimum atomic E-state index is -0.000913. The molecule has 3 heteroatoms. The van der Waals surface area contributed by atoms with Crippen molar-refractivity contribution in [2.45, 2.75) is 103 Å². The molecule has 0 N–H and O–H groups in total. The van der Waals surface area contributed by atoms with E-state index in [0.717, 1.165) is 38.9 Å². The molecule has 0 aromatic heterocycles. The number of hydrogen-bond acceptors (Lipinski definition) is 3. The van der Waals surface area contributed by atoms with Crippen molar-refractivity contribution in [1.82, 2.24) is 0 Å². The molecule has 0 amide bonds. The van der Waals surface area contributed by atoms with Crippen molar-refractivity contribution in [2.75, 3.05) is 13.2 Å². The lowest BCUT2D eigenvalue weighted by atomic mass is 9.82. The van der Waals surface area contributed by atoms with Crippen LogP contribution in [0.4, 0.5) is 0 Å². The first kappa shape index (κ1) is 20.7. The Kier molecular flexibility index (Phi) is 10.5. The molecule has 0 radical (unpaired) electrons. The fourth-order valence-electron chi connectivity index (χ4n) is 4.26. The highest BCUT2D eigenvalue weighted by Crippen LogP contribution is 2.34. The molecular weight excluding hydrogens is 310 g/mol. The highest BCUT2D eigenvalue weighted by Gasteiger charge is 2.32. The van der Waals surface area contributed by atoms with Crippen LogP contribution >= 0.6 is 0 Å². The lowest BCUT2D eigenvalue weighted by Crippen LogP contribution is -2.38. The van der Waals surface area contributed by atoms with Gasteiger partial charge in [0, 0.05) is 17.8 Å². The second-order valence-corrected chi connectivity index (χ2v) is 8.26. The van der Waals surface area contributed by atoms with Gasteiger partial charge in [-0.3, -0.25) is 0 Å². The van der Waals surface area contributed by atoms with Crippen LogP contribution in [-0.4, -0.2) is 19.5 Å². The van der Waals surface area contributed by atoms with E-state index < -0.39 is 0 Å². The van der Waals surface area contributed by atoms with Crippen LogP contribution in [0, 0.1) is 29.1 Å². The summed E-state index contributed by atoms with van der Waals surface area (Å²) in [6.45, 7) is 4.03. The molecule has 2 aliphatic rings. The maximum absolute atomic E-state index is 8.99. The molecule has 0 spiro atoms. The predicted molar refractivity (Wildman–Crippen MR) is 102 cm³/mol. The maximum Gasteiger partial charge on any atom is 0.160 e. The SMILES string of the molecule is CCCCCCCCCCC[C@H]1CO[C@H](C2CCC(C#N)CC2)OC1. The van der Waals surface area contributed by atoms with Gasteiger partial charge in [0.15, 0.2) is 6.29 Å². The third-order valence-electron chi connectivity index (χ3n) is 6.05. The summed E-state index contributed by atoms with van der Waals surface area (Å²) < 4.78 is 12.1. The van der Waals surface area contributed by atoms with Crippen molar-refractivity contribution in [2.24, 2.45) is 17.8 Å². The van der Waals surface area contributed by atoms with Crippen molar-refractivity contribution < 1.29 is 9.47 Å². The second-order valence-electron chi connectivity index (χ2n) is 8.26. The minimum Gasteiger partial charge on any atom is -0.352 e. The van der Waals surface area contributed by atoms with Crippen molar-refractivity contribution in [1.29, 1.82) is 5.26 Å². The van der Waals surface area contributed by atoms with Gasteiger partial charge >= 0.3 is 0 Å². The summed E-state index contributed by atoms with van der Waals surface area (Å²) in [5.74, 6) is 1.37. The lowest BCUT2D eigenvalue weighted by molar-refractivity contribution is -0.229. The Morgan fingerprint density at radius 1 is 0.800 bits per heavy atom. The quantitative estimate of drug-likeness (QED) is 0.415. The van der Waals surface area contributed by atoms with Gasteiger partial charge in [0.05, 0.1) is 19.3 Å². The first-order valence-electron chi connectivity index (χ1n) is 11.0. The molecule has 1 saturated carbocycles. The largest absolute Gasteiger partial charge is 0.352 e. The Hall–Kier alpha value is -0.590. The third-order valence-corrected chi connectivity index (χ3v) is 6.05. The summed E-state index contributed by atoms with van der Waals surface area (Å²) in [7, 11) is 0. The number of nitrogens with zero attached hydrogens (tertiary/aromatic N) is 1. The van der Waals surface area contributed by atoms with E-state index in [2.05, 4.69) is 13.0 Å². The number of nitriles is 1. The Labute approximate surface area is 155 Å². The standard InChI is InChI=1S/C22H39NO2/c1-2-3-4-5-6-7-8-9-10-11-20-17-24-22(25-18-20)21-14-12-19(16-23)13-15-21/h19-22H,2-15,17-18H2,1H3/t19?,20-,21?,22-. The maximum atomic E-state index is 8.99. The minimum absolute atomic E-state index is 0.000913. The summed E-state index contributed by atoms with van der Waals surface area (Å²) in [5, 5.41) is 8.99. The van der Waals surface area contributed by atoms with Crippen LogP contribution in [0.1, 0.15) is 96.8 Å². The van der Waals surface area contributed by atoms with E-state index in [1.165, 1.54) is 64.2 Å². The van der Waals surface area contributed by atoms with E-state index in [4.69, 9.17) is 14.7 Å². The molecule has 0 unspecified atom stereocenters. The van der Waals surface area contributed by atoms with E-state index in [1.54, 1.807) is 0 Å². The molecule has 2 rings (SSSR count). The Morgan fingerprint density at radius 2 is 1.36 bits per heavy atom. The summed E-state index contributed by atoms with van der Waals surface area (Å²) in [6, 6.07) is 2.40. The van der Waals surface area contributed by atoms with Crippen LogP contribution in [0.15, 0.2) is 0 Å². The molecule has 1 aliphatic heterocycles. The number of hydrogen-bond donors (Lipinski definition) is 0. The molecule has 1 aliphatic carbocycles. The summed E-state index contributed by atoms with van der Waals surface area (Å²) in [6.07, 6.45) is 18.0. The lowest BCUT2D eigenvalue weighted by Gasteiger charge is -2.36. The molecule has 1 heterocycles. The summed E-state index contributed by atoms with van der Waals surface area (Å²) in [4.78, 5) is 0. The number of rotatable bonds is 11. The zero-order valence-corrected chi connectivity index (χ0v) is 16.4. The molecule has 1 saturated heterocycles. The van der Waals surface area contributed by atoms with Gasteiger partial charge in [-0.2, -0.15) is 5.26 Å². The smallest absolute Gasteiger partial charge is 0.160 e. The van der Waals surface area contributed by atoms with Crippen molar-refractivity contribution >= 4 is 0 Å². The molecule has 0 atom stereocenters. The zero-order chi connectivity index (χ0) is 17.7. The van der Waals surface area contributed by atoms with E-state index in [-0.39, 0.29) is 12.2 Å². The average Bonchev–Trinajstić information content (AvgIpc) is 2.67. The van der Waals surface area contributed by atoms with Gasteiger partial charge < -0.3 is 9.47 Å². The molecular formula is C22H39NO2. The summed E-state index contributed by atoms with van der Waals surface area (Å²) in [5.41, 5.74) is 0.